The Morgan fingerprint density at radius 3 is 2.53 bits per heavy atom. The molecular weight excluding hydrogens is 382 g/mol. The van der Waals surface area contributed by atoms with Crippen LogP contribution in [-0.2, 0) is 11.2 Å². The maximum atomic E-state index is 12.4. The number of hydrogen-bond acceptors (Lipinski definition) is 7. The second-order valence-corrected chi connectivity index (χ2v) is 8.19. The first-order valence-corrected chi connectivity index (χ1v) is 10.6. The standard InChI is InChI=1S/C22H33N5O3/c1-16(2)19(27-13-11-26(3)12-14-27)15-23-20(28)9-10-21-24-22(25-30-21)17-5-7-18(29-4)8-6-17/h5-8,16,19H,9-15H2,1-4H3,(H,23,28). The highest BCUT2D eigenvalue weighted by Gasteiger charge is 2.25. The summed E-state index contributed by atoms with van der Waals surface area (Å²) in [7, 11) is 3.78. The summed E-state index contributed by atoms with van der Waals surface area (Å²) in [4.78, 5) is 21.6. The summed E-state index contributed by atoms with van der Waals surface area (Å²) in [6.45, 7) is 9.34. The number of piperazine rings is 1. The van der Waals surface area contributed by atoms with Gasteiger partial charge in [0.1, 0.15) is 5.75 Å². The molecule has 30 heavy (non-hydrogen) atoms. The molecule has 1 N–H and O–H groups in total. The molecule has 1 aromatic carbocycles. The van der Waals surface area contributed by atoms with Gasteiger partial charge in [-0.05, 0) is 37.2 Å². The Morgan fingerprint density at radius 1 is 1.20 bits per heavy atom. The molecule has 1 amide bonds. The molecule has 0 bridgehead atoms. The number of likely N-dealkylation sites (N-methyl/N-ethyl adjacent to an activating group) is 1. The first kappa shape index (κ1) is 22.2. The quantitative estimate of drug-likeness (QED) is 0.671. The van der Waals surface area contributed by atoms with E-state index < -0.39 is 0 Å². The summed E-state index contributed by atoms with van der Waals surface area (Å²) < 4.78 is 10.5. The highest BCUT2D eigenvalue weighted by Crippen LogP contribution is 2.20. The molecule has 2 aromatic rings. The van der Waals surface area contributed by atoms with E-state index in [4.69, 9.17) is 9.26 Å². The van der Waals surface area contributed by atoms with Crippen LogP contribution < -0.4 is 10.1 Å². The fourth-order valence-corrected chi connectivity index (χ4v) is 3.68. The van der Waals surface area contributed by atoms with Crippen molar-refractivity contribution < 1.29 is 14.1 Å². The molecule has 1 saturated heterocycles. The zero-order valence-corrected chi connectivity index (χ0v) is 18.4. The predicted molar refractivity (Wildman–Crippen MR) is 115 cm³/mol. The molecule has 0 saturated carbocycles. The highest BCUT2D eigenvalue weighted by molar-refractivity contribution is 5.76. The van der Waals surface area contributed by atoms with Crippen molar-refractivity contribution >= 4 is 5.91 Å². The van der Waals surface area contributed by atoms with Crippen LogP contribution in [0.5, 0.6) is 5.75 Å². The summed E-state index contributed by atoms with van der Waals surface area (Å²) in [6.07, 6.45) is 0.758. The fourth-order valence-electron chi connectivity index (χ4n) is 3.68. The Kier molecular flexibility index (Phi) is 7.81. The van der Waals surface area contributed by atoms with Crippen LogP contribution in [0.25, 0.3) is 11.4 Å². The van der Waals surface area contributed by atoms with E-state index >= 15 is 0 Å². The van der Waals surface area contributed by atoms with Crippen molar-refractivity contribution in [3.8, 4) is 17.1 Å². The largest absolute Gasteiger partial charge is 0.497 e. The minimum Gasteiger partial charge on any atom is -0.497 e. The lowest BCUT2D eigenvalue weighted by Crippen LogP contribution is -2.54. The van der Waals surface area contributed by atoms with E-state index in [1.165, 1.54) is 0 Å². The Bertz CT molecular complexity index is 797. The minimum atomic E-state index is 0.0129. The summed E-state index contributed by atoms with van der Waals surface area (Å²) in [6, 6.07) is 7.82. The van der Waals surface area contributed by atoms with Gasteiger partial charge in [-0.3, -0.25) is 9.69 Å². The van der Waals surface area contributed by atoms with Crippen LogP contribution in [-0.4, -0.2) is 78.8 Å². The number of ether oxygens (including phenoxy) is 1. The number of carbonyl (C=O) groups is 1. The van der Waals surface area contributed by atoms with E-state index in [9.17, 15) is 4.79 Å². The van der Waals surface area contributed by atoms with Crippen molar-refractivity contribution in [3.63, 3.8) is 0 Å². The van der Waals surface area contributed by atoms with Gasteiger partial charge in [0.05, 0.1) is 7.11 Å². The van der Waals surface area contributed by atoms with Gasteiger partial charge in [-0.25, -0.2) is 0 Å². The maximum absolute atomic E-state index is 12.4. The molecule has 1 atom stereocenters. The molecule has 164 valence electrons. The average Bonchev–Trinajstić information content (AvgIpc) is 3.22. The van der Waals surface area contributed by atoms with Crippen LogP contribution in [0.2, 0.25) is 0 Å². The Labute approximate surface area is 178 Å². The normalized spacial score (nSPS) is 16.6. The van der Waals surface area contributed by atoms with Gasteiger partial charge >= 0.3 is 0 Å². The maximum Gasteiger partial charge on any atom is 0.227 e. The lowest BCUT2D eigenvalue weighted by molar-refractivity contribution is -0.121. The summed E-state index contributed by atoms with van der Waals surface area (Å²) in [5.41, 5.74) is 0.849. The third-order valence-corrected chi connectivity index (χ3v) is 5.67. The van der Waals surface area contributed by atoms with Crippen LogP contribution in [0, 0.1) is 5.92 Å². The molecule has 1 aliphatic rings. The number of carbonyl (C=O) groups excluding carboxylic acids is 1. The van der Waals surface area contributed by atoms with Crippen LogP contribution in [0.3, 0.4) is 0 Å². The van der Waals surface area contributed by atoms with Gasteiger partial charge in [-0.2, -0.15) is 4.98 Å². The van der Waals surface area contributed by atoms with E-state index in [0.29, 0.717) is 43.1 Å². The van der Waals surface area contributed by atoms with Crippen LogP contribution in [0.4, 0.5) is 0 Å². The molecule has 1 unspecified atom stereocenters. The third kappa shape index (κ3) is 6.03. The van der Waals surface area contributed by atoms with Gasteiger partial charge in [0.2, 0.25) is 17.6 Å². The van der Waals surface area contributed by atoms with Crippen LogP contribution in [0.1, 0.15) is 26.2 Å². The molecule has 1 fully saturated rings. The molecule has 8 nitrogen and oxygen atoms in total. The number of nitrogens with zero attached hydrogens (tertiary/aromatic N) is 4. The van der Waals surface area contributed by atoms with Crippen molar-refractivity contribution in [1.82, 2.24) is 25.3 Å². The van der Waals surface area contributed by atoms with E-state index in [-0.39, 0.29) is 5.91 Å². The van der Waals surface area contributed by atoms with Gasteiger partial charge in [0, 0.05) is 57.2 Å². The van der Waals surface area contributed by atoms with E-state index in [0.717, 1.165) is 37.5 Å². The fraction of sp³-hybridized carbons (Fsp3) is 0.591. The number of nitrogens with one attached hydrogen (secondary N) is 1. The van der Waals surface area contributed by atoms with E-state index in [1.54, 1.807) is 7.11 Å². The molecule has 3 rings (SSSR count). The number of methoxy groups -OCH3 is 1. The van der Waals surface area contributed by atoms with Crippen molar-refractivity contribution in [2.24, 2.45) is 5.92 Å². The highest BCUT2D eigenvalue weighted by atomic mass is 16.5. The second-order valence-electron chi connectivity index (χ2n) is 8.19. The van der Waals surface area contributed by atoms with E-state index in [2.05, 4.69) is 46.2 Å². The SMILES string of the molecule is COc1ccc(-c2noc(CCC(=O)NCC(C(C)C)N3CCN(C)CC3)n2)cc1. The van der Waals surface area contributed by atoms with Crippen molar-refractivity contribution in [1.29, 1.82) is 0 Å². The number of rotatable bonds is 9. The van der Waals surface area contributed by atoms with Gasteiger partial charge < -0.3 is 19.5 Å². The summed E-state index contributed by atoms with van der Waals surface area (Å²) in [5.74, 6) is 2.25. The van der Waals surface area contributed by atoms with Crippen LogP contribution in [0.15, 0.2) is 28.8 Å². The van der Waals surface area contributed by atoms with Crippen molar-refractivity contribution in [3.05, 3.63) is 30.2 Å². The molecule has 0 aliphatic carbocycles. The molecule has 8 heteroatoms. The molecule has 2 heterocycles. The lowest BCUT2D eigenvalue weighted by Gasteiger charge is -2.39. The molecule has 0 spiro atoms. The lowest BCUT2D eigenvalue weighted by atomic mass is 10.0. The molecule has 1 aromatic heterocycles. The molecular formula is C22H33N5O3. The topological polar surface area (TPSA) is 83.7 Å². The first-order valence-electron chi connectivity index (χ1n) is 10.6. The van der Waals surface area contributed by atoms with Gasteiger partial charge in [-0.1, -0.05) is 19.0 Å². The number of benzene rings is 1. The summed E-state index contributed by atoms with van der Waals surface area (Å²) >= 11 is 0. The number of aryl methyl sites for hydroxylation is 1. The summed E-state index contributed by atoms with van der Waals surface area (Å²) in [5, 5.41) is 7.11. The first-order chi connectivity index (χ1) is 14.5. The predicted octanol–water partition coefficient (Wildman–Crippen LogP) is 2.07. The van der Waals surface area contributed by atoms with Gasteiger partial charge in [-0.15, -0.1) is 0 Å². The minimum absolute atomic E-state index is 0.0129. The second kappa shape index (κ2) is 10.5. The number of hydrogen-bond donors (Lipinski definition) is 1. The van der Waals surface area contributed by atoms with Gasteiger partial charge in [0.15, 0.2) is 0 Å². The Balaban J connectivity index is 1.46. The number of amides is 1. The molecule has 0 radical (unpaired) electrons. The van der Waals surface area contributed by atoms with Gasteiger partial charge in [0.25, 0.3) is 0 Å². The zero-order valence-electron chi connectivity index (χ0n) is 18.4. The van der Waals surface area contributed by atoms with Crippen molar-refractivity contribution in [2.75, 3.05) is 46.9 Å². The van der Waals surface area contributed by atoms with E-state index in [1.807, 2.05) is 24.3 Å². The number of aromatic nitrogens is 2. The third-order valence-electron chi connectivity index (χ3n) is 5.67. The molecule has 1 aliphatic heterocycles. The average molecular weight is 416 g/mol. The van der Waals surface area contributed by atoms with Crippen LogP contribution >= 0.6 is 0 Å². The Hall–Kier alpha value is -2.45. The van der Waals surface area contributed by atoms with Crippen molar-refractivity contribution in [2.45, 2.75) is 32.7 Å². The zero-order chi connectivity index (χ0) is 21.5. The monoisotopic (exact) mass is 415 g/mol. The Morgan fingerprint density at radius 2 is 1.90 bits per heavy atom. The smallest absolute Gasteiger partial charge is 0.227 e.